The molecule has 54 heavy (non-hydrogen) atoms. The molecule has 3 N–H and O–H groups in total. The summed E-state index contributed by atoms with van der Waals surface area (Å²) in [6, 6.07) is 0.631. The number of nitrogen functional groups attached to an aromatic ring is 1. The van der Waals surface area contributed by atoms with Crippen LogP contribution in [-0.4, -0.2) is 117 Å². The summed E-state index contributed by atoms with van der Waals surface area (Å²) in [4.78, 5) is 45.3. The number of hydrogen-bond donors (Lipinski definition) is 2. The zero-order valence-electron chi connectivity index (χ0n) is 30.7. The van der Waals surface area contributed by atoms with Crippen LogP contribution in [-0.2, 0) is 15.8 Å². The van der Waals surface area contributed by atoms with E-state index in [0.29, 0.717) is 13.0 Å². The number of likely N-dealkylation sites (N-methyl/N-ethyl adjacent to an activating group) is 1. The molecule has 0 radical (unpaired) electrons. The molecule has 1 amide bonds. The molecule has 0 saturated carbocycles. The van der Waals surface area contributed by atoms with Crippen LogP contribution in [0.2, 0.25) is 0 Å². The quantitative estimate of drug-likeness (QED) is 0.0927. The van der Waals surface area contributed by atoms with Gasteiger partial charge in [-0.1, -0.05) is 5.16 Å². The lowest BCUT2D eigenvalue weighted by Crippen LogP contribution is -2.43. The third-order valence-electron chi connectivity index (χ3n) is 10.2. The van der Waals surface area contributed by atoms with E-state index < -0.39 is 34.5 Å². The molecule has 0 aromatic carbocycles. The first kappa shape index (κ1) is 38.7. The van der Waals surface area contributed by atoms with E-state index in [4.69, 9.17) is 20.3 Å². The highest BCUT2D eigenvalue weighted by Crippen LogP contribution is 2.42. The van der Waals surface area contributed by atoms with E-state index in [2.05, 4.69) is 36.7 Å². The molecule has 0 bridgehead atoms. The van der Waals surface area contributed by atoms with Crippen molar-refractivity contribution in [2.45, 2.75) is 76.2 Å². The number of alkyl halides is 3. The molecule has 0 spiro atoms. The zero-order chi connectivity index (χ0) is 39.0. The van der Waals surface area contributed by atoms with Gasteiger partial charge >= 0.3 is 12.2 Å². The number of fused-ring (bicyclic) bond motifs is 2. The van der Waals surface area contributed by atoms with E-state index in [9.17, 15) is 23.1 Å². The summed E-state index contributed by atoms with van der Waals surface area (Å²) < 4.78 is 65.7. The van der Waals surface area contributed by atoms with Gasteiger partial charge < -0.3 is 30.2 Å². The number of rotatable bonds is 11. The Morgan fingerprint density at radius 3 is 2.56 bits per heavy atom. The molecule has 14 nitrogen and oxygen atoms in total. The minimum Gasteiger partial charge on any atom is -0.461 e. The molecule has 3 aliphatic rings. The Bertz CT molecular complexity index is 1970. The first-order valence-corrected chi connectivity index (χ1v) is 17.7. The first-order chi connectivity index (χ1) is 25.5. The number of nitrogens with zero attached hydrogens (tertiary/aromatic N) is 9. The number of halogens is 4. The number of carbonyl (C=O) groups is 1. The first-order valence-electron chi connectivity index (χ1n) is 17.7. The highest BCUT2D eigenvalue weighted by molar-refractivity contribution is 5.97. The van der Waals surface area contributed by atoms with Crippen LogP contribution in [0.15, 0.2) is 34.6 Å². The van der Waals surface area contributed by atoms with Crippen molar-refractivity contribution >= 4 is 41.1 Å². The maximum atomic E-state index is 16.6. The van der Waals surface area contributed by atoms with Crippen molar-refractivity contribution in [2.24, 2.45) is 10.1 Å². The zero-order valence-corrected chi connectivity index (χ0v) is 30.7. The lowest BCUT2D eigenvalue weighted by atomic mass is 9.95. The molecule has 3 aliphatic heterocycles. The van der Waals surface area contributed by atoms with Crippen LogP contribution in [0.3, 0.4) is 0 Å². The maximum Gasteiger partial charge on any atom is 0.418 e. The molecule has 290 valence electrons. The monoisotopic (exact) mass is 756 g/mol. The molecule has 1 unspecified atom stereocenters. The van der Waals surface area contributed by atoms with E-state index in [1.54, 1.807) is 30.7 Å². The number of aromatic nitrogens is 4. The van der Waals surface area contributed by atoms with Gasteiger partial charge in [0, 0.05) is 51.2 Å². The van der Waals surface area contributed by atoms with E-state index in [1.807, 2.05) is 0 Å². The average molecular weight is 757 g/mol. The third-order valence-corrected chi connectivity index (χ3v) is 10.2. The van der Waals surface area contributed by atoms with E-state index in [1.165, 1.54) is 25.3 Å². The van der Waals surface area contributed by atoms with E-state index in [0.717, 1.165) is 44.8 Å². The lowest BCUT2D eigenvalue weighted by Gasteiger charge is -2.31. The average Bonchev–Trinajstić information content (AvgIpc) is 3.84. The Morgan fingerprint density at radius 1 is 1.17 bits per heavy atom. The molecule has 6 rings (SSSR count). The van der Waals surface area contributed by atoms with Crippen LogP contribution in [0.25, 0.3) is 22.3 Å². The van der Waals surface area contributed by atoms with Gasteiger partial charge in [0.15, 0.2) is 5.82 Å². The number of hydrogen-bond acceptors (Lipinski definition) is 13. The van der Waals surface area contributed by atoms with Crippen molar-refractivity contribution in [1.29, 1.82) is 0 Å². The molecule has 3 saturated heterocycles. The number of amides is 1. The van der Waals surface area contributed by atoms with E-state index >= 15 is 4.39 Å². The fourth-order valence-corrected chi connectivity index (χ4v) is 7.54. The fraction of sp³-hybridized carbons (Fsp3) is 0.528. The SMILES string of the molecule is C=NOC(/C=C/C(=O)N1CCC(N(C)c2nc(OCC34CCCN3CCC4)nc3c(F)c(-c4nc(N)cc(C)c4C(F)(F)F)ncc23)C1)=NCC(C)(C)O. The summed E-state index contributed by atoms with van der Waals surface area (Å²) in [5.74, 6) is -1.48. The summed E-state index contributed by atoms with van der Waals surface area (Å²) in [5.41, 5.74) is 1.45. The number of oxime groups is 1. The number of nitrogens with two attached hydrogens (primary N) is 1. The molecule has 18 heteroatoms. The highest BCUT2D eigenvalue weighted by atomic mass is 19.4. The second kappa shape index (κ2) is 15.0. The summed E-state index contributed by atoms with van der Waals surface area (Å²) in [5, 5.41) is 13.5. The third kappa shape index (κ3) is 8.08. The van der Waals surface area contributed by atoms with Crippen molar-refractivity contribution in [1.82, 2.24) is 29.7 Å². The lowest BCUT2D eigenvalue weighted by molar-refractivity contribution is -0.137. The molecule has 1 atom stereocenters. The number of aliphatic imine (C=N–C) groups is 1. The number of ether oxygens (including phenoxy) is 1. The predicted octanol–water partition coefficient (Wildman–Crippen LogP) is 4.54. The number of likely N-dealkylation sites (tertiary alicyclic amines) is 1. The van der Waals surface area contributed by atoms with Gasteiger partial charge in [-0.25, -0.2) is 14.4 Å². The Hall–Kier alpha value is -4.97. The fourth-order valence-electron chi connectivity index (χ4n) is 7.54. The largest absolute Gasteiger partial charge is 0.461 e. The van der Waals surface area contributed by atoms with Crippen molar-refractivity contribution < 1.29 is 37.0 Å². The van der Waals surface area contributed by atoms with Crippen molar-refractivity contribution in [3.63, 3.8) is 0 Å². The second-order valence-corrected chi connectivity index (χ2v) is 14.7. The Kier molecular flexibility index (Phi) is 10.8. The molecule has 3 aromatic heterocycles. The summed E-state index contributed by atoms with van der Waals surface area (Å²) in [6.45, 7) is 10.4. The van der Waals surface area contributed by atoms with Crippen LogP contribution < -0.4 is 15.4 Å². The van der Waals surface area contributed by atoms with Gasteiger partial charge in [0.2, 0.25) is 11.8 Å². The van der Waals surface area contributed by atoms with Gasteiger partial charge in [0.05, 0.1) is 28.6 Å². The second-order valence-electron chi connectivity index (χ2n) is 14.7. The summed E-state index contributed by atoms with van der Waals surface area (Å²) >= 11 is 0. The van der Waals surface area contributed by atoms with Gasteiger partial charge in [-0.2, -0.15) is 23.1 Å². The summed E-state index contributed by atoms with van der Waals surface area (Å²) in [7, 11) is 1.73. The number of carbonyl (C=O) groups excluding carboxylic acids is 1. The molecule has 6 heterocycles. The number of aliphatic hydroxyl groups is 1. The maximum absolute atomic E-state index is 16.6. The van der Waals surface area contributed by atoms with Crippen molar-refractivity contribution in [3.05, 3.63) is 41.4 Å². The van der Waals surface area contributed by atoms with Crippen LogP contribution in [0.1, 0.15) is 57.1 Å². The van der Waals surface area contributed by atoms with Crippen LogP contribution in [0.4, 0.5) is 29.2 Å². The van der Waals surface area contributed by atoms with E-state index in [-0.39, 0.29) is 77.2 Å². The predicted molar refractivity (Wildman–Crippen MR) is 195 cm³/mol. The standard InChI is InChI=1S/C36H44F4N10O4/c1-21-16-24(41)45-30(27(21)36(38,39)40)31-28(37)29-23(17-43-31)32(47-33(46-29)53-20-35-11-6-13-50(35)14-7-12-35)48(5)22-10-15-49(18-22)26(51)9-8-25(54-42-4)44-19-34(2,3)52/h8-9,16-17,22,52H,4,6-7,10-15,18-20H2,1-3,5H3,(H2,41,45)/b9-8+,44-25?. The van der Waals surface area contributed by atoms with Gasteiger partial charge in [0.1, 0.15) is 35.1 Å². The molecule has 3 fully saturated rings. The normalized spacial score (nSPS) is 19.2. The van der Waals surface area contributed by atoms with Crippen molar-refractivity contribution in [2.75, 3.05) is 57.0 Å². The Morgan fingerprint density at radius 2 is 1.89 bits per heavy atom. The minimum absolute atomic E-state index is 0.000787. The van der Waals surface area contributed by atoms with Crippen LogP contribution in [0, 0.1) is 12.7 Å². The van der Waals surface area contributed by atoms with Gasteiger partial charge in [-0.05, 0) is 77.6 Å². The minimum atomic E-state index is -4.87. The molecular formula is C36H44F4N10O4. The van der Waals surface area contributed by atoms with Gasteiger partial charge in [0.25, 0.3) is 0 Å². The Balaban J connectivity index is 1.34. The molecular weight excluding hydrogens is 712 g/mol. The highest BCUT2D eigenvalue weighted by Gasteiger charge is 2.45. The molecule has 0 aliphatic carbocycles. The van der Waals surface area contributed by atoms with Crippen molar-refractivity contribution in [3.8, 4) is 17.4 Å². The number of anilines is 2. The van der Waals surface area contributed by atoms with Crippen LogP contribution >= 0.6 is 0 Å². The topological polar surface area (TPSA) is 168 Å². The number of aryl methyl sites for hydroxylation is 1. The molecule has 3 aromatic rings. The number of pyridine rings is 2. The van der Waals surface area contributed by atoms with Crippen LogP contribution in [0.5, 0.6) is 6.01 Å². The van der Waals surface area contributed by atoms with Gasteiger partial charge in [-0.15, -0.1) is 0 Å². The Labute approximate surface area is 309 Å². The smallest absolute Gasteiger partial charge is 0.418 e. The van der Waals surface area contributed by atoms with Gasteiger partial charge in [-0.3, -0.25) is 14.7 Å². The summed E-state index contributed by atoms with van der Waals surface area (Å²) in [6.07, 6.45) is 3.38.